The second kappa shape index (κ2) is 10.7. The zero-order valence-corrected chi connectivity index (χ0v) is 18.2. The maximum Gasteiger partial charge on any atom is 0.244 e. The number of benzene rings is 1. The second-order valence-electron chi connectivity index (χ2n) is 7.02. The van der Waals surface area contributed by atoms with Gasteiger partial charge in [-0.25, -0.2) is 13.6 Å². The van der Waals surface area contributed by atoms with E-state index in [1.165, 1.54) is 12.1 Å². The molecule has 3 N–H and O–H groups in total. The number of ether oxygens (including phenoxy) is 2. The molecule has 162 valence electrons. The molecular weight excluding hydrogens is 424 g/mol. The zero-order valence-electron chi connectivity index (χ0n) is 16.6. The number of nitrogens with two attached hydrogens (primary N) is 1. The highest BCUT2D eigenvalue weighted by Crippen LogP contribution is 2.25. The number of nitrogens with one attached hydrogen (secondary N) is 1. The van der Waals surface area contributed by atoms with Gasteiger partial charge < -0.3 is 14.8 Å². The molecule has 30 heavy (non-hydrogen) atoms. The Morgan fingerprint density at radius 1 is 1.33 bits per heavy atom. The van der Waals surface area contributed by atoms with E-state index in [0.29, 0.717) is 19.6 Å². The summed E-state index contributed by atoms with van der Waals surface area (Å²) in [5.41, 5.74) is 0.739. The number of primary sulfonamides is 1. The molecule has 0 spiro atoms. The van der Waals surface area contributed by atoms with E-state index in [0.717, 1.165) is 29.7 Å². The molecule has 1 aliphatic rings. The summed E-state index contributed by atoms with van der Waals surface area (Å²) in [6, 6.07) is 8.73. The van der Waals surface area contributed by atoms with Crippen molar-refractivity contribution in [2.24, 2.45) is 5.14 Å². The van der Waals surface area contributed by atoms with Crippen molar-refractivity contribution in [1.82, 2.24) is 5.32 Å². The SMILES string of the molecule is NS(=O)(=O)c1cc(CCNC(=O)C=Cc2cccs2)ccc1OCC1CCCCO1. The smallest absolute Gasteiger partial charge is 0.244 e. The minimum Gasteiger partial charge on any atom is -0.489 e. The number of carbonyl (C=O) groups is 1. The van der Waals surface area contributed by atoms with Gasteiger partial charge in [0, 0.05) is 24.1 Å². The van der Waals surface area contributed by atoms with Crippen molar-refractivity contribution in [2.75, 3.05) is 19.8 Å². The molecule has 1 atom stereocenters. The topological polar surface area (TPSA) is 108 Å². The van der Waals surface area contributed by atoms with Crippen molar-refractivity contribution < 1.29 is 22.7 Å². The quantitative estimate of drug-likeness (QED) is 0.571. The lowest BCUT2D eigenvalue weighted by Crippen LogP contribution is -2.26. The summed E-state index contributed by atoms with van der Waals surface area (Å²) in [5.74, 6) is 0.0147. The molecule has 1 aromatic heterocycles. The molecule has 3 rings (SSSR count). The van der Waals surface area contributed by atoms with Crippen molar-refractivity contribution in [2.45, 2.75) is 36.7 Å². The molecule has 2 aromatic rings. The first-order valence-corrected chi connectivity index (χ1v) is 12.2. The van der Waals surface area contributed by atoms with Crippen LogP contribution in [0.2, 0.25) is 0 Å². The van der Waals surface area contributed by atoms with E-state index >= 15 is 0 Å². The van der Waals surface area contributed by atoms with Gasteiger partial charge in [-0.3, -0.25) is 4.79 Å². The Morgan fingerprint density at radius 2 is 2.20 bits per heavy atom. The highest BCUT2D eigenvalue weighted by molar-refractivity contribution is 7.89. The van der Waals surface area contributed by atoms with Crippen LogP contribution < -0.4 is 15.2 Å². The highest BCUT2D eigenvalue weighted by atomic mass is 32.2. The summed E-state index contributed by atoms with van der Waals surface area (Å²) < 4.78 is 35.4. The predicted octanol–water partition coefficient (Wildman–Crippen LogP) is 2.72. The van der Waals surface area contributed by atoms with Gasteiger partial charge in [0.15, 0.2) is 0 Å². The summed E-state index contributed by atoms with van der Waals surface area (Å²) >= 11 is 1.55. The van der Waals surface area contributed by atoms with Gasteiger partial charge in [0.2, 0.25) is 15.9 Å². The number of hydrogen-bond donors (Lipinski definition) is 2. The third kappa shape index (κ3) is 6.94. The van der Waals surface area contributed by atoms with Gasteiger partial charge in [-0.05, 0) is 60.9 Å². The van der Waals surface area contributed by atoms with Crippen LogP contribution in [0.15, 0.2) is 46.7 Å². The molecule has 7 nitrogen and oxygen atoms in total. The van der Waals surface area contributed by atoms with Crippen LogP contribution in [0, 0.1) is 0 Å². The van der Waals surface area contributed by atoms with Crippen LogP contribution in [0.3, 0.4) is 0 Å². The van der Waals surface area contributed by atoms with E-state index in [1.54, 1.807) is 29.5 Å². The molecule has 1 unspecified atom stereocenters. The summed E-state index contributed by atoms with van der Waals surface area (Å²) in [7, 11) is -3.95. The van der Waals surface area contributed by atoms with Crippen molar-refractivity contribution in [3.05, 3.63) is 52.2 Å². The Kier molecular flexibility index (Phi) is 8.03. The fraction of sp³-hybridized carbons (Fsp3) is 0.381. The molecule has 9 heteroatoms. The Labute approximate surface area is 180 Å². The minimum atomic E-state index is -3.95. The van der Waals surface area contributed by atoms with E-state index in [2.05, 4.69) is 5.32 Å². The van der Waals surface area contributed by atoms with Crippen LogP contribution in [-0.2, 0) is 26.0 Å². The van der Waals surface area contributed by atoms with Crippen LogP contribution in [0.25, 0.3) is 6.08 Å². The summed E-state index contributed by atoms with van der Waals surface area (Å²) in [4.78, 5) is 12.8. The number of amides is 1. The van der Waals surface area contributed by atoms with Crippen LogP contribution in [0.4, 0.5) is 0 Å². The first-order chi connectivity index (χ1) is 14.4. The normalized spacial score (nSPS) is 17.2. The average molecular weight is 451 g/mol. The lowest BCUT2D eigenvalue weighted by Gasteiger charge is -2.23. The molecule has 0 radical (unpaired) electrons. The maximum atomic E-state index is 12.0. The summed E-state index contributed by atoms with van der Waals surface area (Å²) in [6.07, 6.45) is 6.66. The molecule has 1 amide bonds. The lowest BCUT2D eigenvalue weighted by molar-refractivity contribution is -0.116. The predicted molar refractivity (Wildman–Crippen MR) is 117 cm³/mol. The van der Waals surface area contributed by atoms with E-state index in [-0.39, 0.29) is 29.3 Å². The Bertz CT molecular complexity index is 965. The van der Waals surface area contributed by atoms with Gasteiger partial charge in [0.25, 0.3) is 0 Å². The van der Waals surface area contributed by atoms with E-state index < -0.39 is 10.0 Å². The number of sulfonamides is 1. The third-order valence-corrected chi connectivity index (χ3v) is 6.44. The van der Waals surface area contributed by atoms with Crippen LogP contribution in [-0.4, -0.2) is 40.2 Å². The van der Waals surface area contributed by atoms with Crippen LogP contribution in [0.5, 0.6) is 5.75 Å². The highest BCUT2D eigenvalue weighted by Gasteiger charge is 2.19. The lowest BCUT2D eigenvalue weighted by atomic mass is 10.1. The maximum absolute atomic E-state index is 12.0. The van der Waals surface area contributed by atoms with E-state index in [9.17, 15) is 13.2 Å². The molecule has 1 fully saturated rings. The van der Waals surface area contributed by atoms with Crippen molar-refractivity contribution >= 4 is 33.3 Å². The minimum absolute atomic E-state index is 0.0378. The van der Waals surface area contributed by atoms with E-state index in [4.69, 9.17) is 14.6 Å². The van der Waals surface area contributed by atoms with Gasteiger partial charge in [-0.2, -0.15) is 0 Å². The molecule has 0 aliphatic carbocycles. The van der Waals surface area contributed by atoms with Gasteiger partial charge in [-0.1, -0.05) is 12.1 Å². The van der Waals surface area contributed by atoms with E-state index in [1.807, 2.05) is 17.5 Å². The fourth-order valence-electron chi connectivity index (χ4n) is 3.10. The monoisotopic (exact) mass is 450 g/mol. The van der Waals surface area contributed by atoms with Crippen molar-refractivity contribution in [3.8, 4) is 5.75 Å². The second-order valence-corrected chi connectivity index (χ2v) is 9.52. The third-order valence-electron chi connectivity index (χ3n) is 4.67. The standard InChI is InChI=1S/C21H26N2O5S2/c22-30(25,26)20-14-16(6-8-19(20)28-15-17-4-1-2-12-27-17)10-11-23-21(24)9-7-18-5-3-13-29-18/h3,5-9,13-14,17H,1-2,4,10-12,15H2,(H,23,24)(H2,22,25,26). The van der Waals surface area contributed by atoms with Crippen LogP contribution in [0.1, 0.15) is 29.7 Å². The Hall–Kier alpha value is -2.20. The molecule has 2 heterocycles. The molecule has 0 bridgehead atoms. The molecule has 0 saturated carbocycles. The van der Waals surface area contributed by atoms with Crippen LogP contribution >= 0.6 is 11.3 Å². The zero-order chi connectivity index (χ0) is 21.4. The van der Waals surface area contributed by atoms with Gasteiger partial charge >= 0.3 is 0 Å². The largest absolute Gasteiger partial charge is 0.489 e. The van der Waals surface area contributed by atoms with Gasteiger partial charge in [0.1, 0.15) is 17.3 Å². The average Bonchev–Trinajstić information content (AvgIpc) is 3.25. The fourth-order valence-corrected chi connectivity index (χ4v) is 4.45. The molecule has 1 aromatic carbocycles. The number of rotatable bonds is 9. The molecule has 1 saturated heterocycles. The first-order valence-electron chi connectivity index (χ1n) is 9.81. The molecular formula is C21H26N2O5S2. The first kappa shape index (κ1) is 22.5. The van der Waals surface area contributed by atoms with Crippen molar-refractivity contribution in [1.29, 1.82) is 0 Å². The van der Waals surface area contributed by atoms with Crippen molar-refractivity contribution in [3.63, 3.8) is 0 Å². The number of thiophene rings is 1. The van der Waals surface area contributed by atoms with Gasteiger partial charge in [0.05, 0.1) is 6.10 Å². The Morgan fingerprint density at radius 3 is 2.90 bits per heavy atom. The number of hydrogen-bond acceptors (Lipinski definition) is 6. The summed E-state index contributed by atoms with van der Waals surface area (Å²) in [5, 5.41) is 10.1. The Balaban J connectivity index is 1.56. The summed E-state index contributed by atoms with van der Waals surface area (Å²) in [6.45, 7) is 1.35. The molecule has 1 aliphatic heterocycles. The number of carbonyl (C=O) groups excluding carboxylic acids is 1. The van der Waals surface area contributed by atoms with Gasteiger partial charge in [-0.15, -0.1) is 11.3 Å².